The van der Waals surface area contributed by atoms with Crippen molar-refractivity contribution in [2.75, 3.05) is 13.1 Å². The van der Waals surface area contributed by atoms with E-state index in [0.717, 1.165) is 11.3 Å². The Morgan fingerprint density at radius 3 is 2.57 bits per heavy atom. The maximum Gasteiger partial charge on any atom is 0.251 e. The molecule has 2 unspecified atom stereocenters. The van der Waals surface area contributed by atoms with Gasteiger partial charge >= 0.3 is 0 Å². The molecular formula is C19H20N2O2. The lowest BCUT2D eigenvalue weighted by Gasteiger charge is -2.35. The lowest BCUT2D eigenvalue weighted by Crippen LogP contribution is -2.48. The van der Waals surface area contributed by atoms with Crippen LogP contribution in [0.4, 0.5) is 0 Å². The molecule has 0 radical (unpaired) electrons. The summed E-state index contributed by atoms with van der Waals surface area (Å²) in [5, 5.41) is 0. The van der Waals surface area contributed by atoms with Crippen LogP contribution in [0.2, 0.25) is 0 Å². The molecule has 0 spiro atoms. The van der Waals surface area contributed by atoms with Gasteiger partial charge in [-0.3, -0.25) is 9.79 Å². The second-order valence-corrected chi connectivity index (χ2v) is 5.99. The van der Waals surface area contributed by atoms with Gasteiger partial charge in [0.05, 0.1) is 17.9 Å². The number of benzene rings is 1. The molecule has 3 rings (SSSR count). The van der Waals surface area contributed by atoms with Crippen molar-refractivity contribution in [1.82, 2.24) is 4.90 Å². The van der Waals surface area contributed by atoms with E-state index in [1.807, 2.05) is 49.1 Å². The summed E-state index contributed by atoms with van der Waals surface area (Å²) < 4.78 is 5.67. The van der Waals surface area contributed by atoms with Crippen molar-refractivity contribution in [3.05, 3.63) is 47.7 Å². The van der Waals surface area contributed by atoms with E-state index in [4.69, 9.17) is 4.74 Å². The van der Waals surface area contributed by atoms with Crippen LogP contribution < -0.4 is 0 Å². The molecule has 0 aromatic heterocycles. The third kappa shape index (κ3) is 3.88. The molecule has 1 aromatic carbocycles. The smallest absolute Gasteiger partial charge is 0.251 e. The molecule has 4 heteroatoms. The quantitative estimate of drug-likeness (QED) is 0.748. The van der Waals surface area contributed by atoms with Crippen LogP contribution in [0.25, 0.3) is 0 Å². The third-order valence-electron chi connectivity index (χ3n) is 3.84. The average molecular weight is 308 g/mol. The van der Waals surface area contributed by atoms with Gasteiger partial charge in [-0.2, -0.15) is 0 Å². The zero-order valence-corrected chi connectivity index (χ0v) is 13.5. The fraction of sp³-hybridized carbons (Fsp3) is 0.368. The van der Waals surface area contributed by atoms with Crippen LogP contribution in [-0.2, 0) is 9.53 Å². The standard InChI is InChI=1S/C19H20N2O2/c1-14-12-21(13-15(2)23-14)19(22)17-10-18(20-11-17)9-8-16-6-4-3-5-7-16/h3-7,11,14-15H,10,12-13H2,1-2H3. The Morgan fingerprint density at radius 1 is 1.17 bits per heavy atom. The minimum absolute atomic E-state index is 0.0484. The van der Waals surface area contributed by atoms with Gasteiger partial charge in [-0.15, -0.1) is 0 Å². The van der Waals surface area contributed by atoms with E-state index in [2.05, 4.69) is 16.8 Å². The summed E-state index contributed by atoms with van der Waals surface area (Å²) in [5.74, 6) is 6.18. The summed E-state index contributed by atoms with van der Waals surface area (Å²) in [6, 6.07) is 9.78. The zero-order chi connectivity index (χ0) is 16.2. The van der Waals surface area contributed by atoms with E-state index < -0.39 is 0 Å². The molecule has 1 aromatic rings. The topological polar surface area (TPSA) is 41.9 Å². The number of morpholine rings is 1. The number of rotatable bonds is 1. The molecule has 1 fully saturated rings. The van der Waals surface area contributed by atoms with Crippen LogP contribution in [-0.4, -0.2) is 41.8 Å². The minimum atomic E-state index is 0.0484. The van der Waals surface area contributed by atoms with Gasteiger partial charge in [-0.05, 0) is 31.9 Å². The first-order valence-corrected chi connectivity index (χ1v) is 7.89. The number of hydrogen-bond donors (Lipinski definition) is 0. The highest BCUT2D eigenvalue weighted by Crippen LogP contribution is 2.18. The molecule has 2 aliphatic heterocycles. The number of carbonyl (C=O) groups is 1. The number of hydrogen-bond acceptors (Lipinski definition) is 3. The molecule has 1 saturated heterocycles. The number of aliphatic imine (C=N–C) groups is 1. The third-order valence-corrected chi connectivity index (χ3v) is 3.84. The lowest BCUT2D eigenvalue weighted by molar-refractivity contribution is -0.139. The van der Waals surface area contributed by atoms with E-state index >= 15 is 0 Å². The zero-order valence-electron chi connectivity index (χ0n) is 13.5. The molecule has 23 heavy (non-hydrogen) atoms. The fourth-order valence-corrected chi connectivity index (χ4v) is 2.85. The van der Waals surface area contributed by atoms with E-state index in [0.29, 0.717) is 25.1 Å². The second kappa shape index (κ2) is 6.80. The Morgan fingerprint density at radius 2 is 1.87 bits per heavy atom. The molecule has 4 nitrogen and oxygen atoms in total. The van der Waals surface area contributed by atoms with Gasteiger partial charge in [0.25, 0.3) is 5.91 Å². The van der Waals surface area contributed by atoms with Gasteiger partial charge in [0, 0.05) is 36.8 Å². The van der Waals surface area contributed by atoms with Crippen molar-refractivity contribution >= 4 is 11.6 Å². The number of nitrogens with zero attached hydrogens (tertiary/aromatic N) is 2. The van der Waals surface area contributed by atoms with E-state index in [-0.39, 0.29) is 18.1 Å². The van der Waals surface area contributed by atoms with Crippen molar-refractivity contribution in [3.63, 3.8) is 0 Å². The van der Waals surface area contributed by atoms with Gasteiger partial charge < -0.3 is 9.64 Å². The first-order valence-electron chi connectivity index (χ1n) is 7.89. The Bertz CT molecular complexity index is 700. The van der Waals surface area contributed by atoms with Crippen LogP contribution in [0.5, 0.6) is 0 Å². The largest absolute Gasteiger partial charge is 0.372 e. The maximum absolute atomic E-state index is 12.6. The number of ether oxygens (including phenoxy) is 1. The van der Waals surface area contributed by atoms with Crippen LogP contribution in [0, 0.1) is 11.8 Å². The predicted octanol–water partition coefficient (Wildman–Crippen LogP) is 2.40. The SMILES string of the molecule is CC1CN(C(=O)C2=CN=C(C#Cc3ccccc3)C2)CC(C)O1. The molecule has 1 amide bonds. The highest BCUT2D eigenvalue weighted by molar-refractivity contribution is 6.10. The normalized spacial score (nSPS) is 23.7. The van der Waals surface area contributed by atoms with Crippen LogP contribution in [0.3, 0.4) is 0 Å². The van der Waals surface area contributed by atoms with Gasteiger partial charge in [-0.1, -0.05) is 24.1 Å². The molecular weight excluding hydrogens is 288 g/mol. The van der Waals surface area contributed by atoms with E-state index in [1.165, 1.54) is 0 Å². The fourth-order valence-electron chi connectivity index (χ4n) is 2.85. The minimum Gasteiger partial charge on any atom is -0.372 e. The molecule has 0 N–H and O–H groups in total. The first kappa shape index (κ1) is 15.5. The Kier molecular flexibility index (Phi) is 4.59. The van der Waals surface area contributed by atoms with Crippen LogP contribution >= 0.6 is 0 Å². The van der Waals surface area contributed by atoms with Crippen LogP contribution in [0.1, 0.15) is 25.8 Å². The second-order valence-electron chi connectivity index (χ2n) is 5.99. The van der Waals surface area contributed by atoms with Crippen molar-refractivity contribution in [2.24, 2.45) is 4.99 Å². The van der Waals surface area contributed by atoms with Crippen molar-refractivity contribution in [3.8, 4) is 11.8 Å². The van der Waals surface area contributed by atoms with Gasteiger partial charge in [0.15, 0.2) is 0 Å². The van der Waals surface area contributed by atoms with Crippen LogP contribution in [0.15, 0.2) is 47.1 Å². The summed E-state index contributed by atoms with van der Waals surface area (Å²) in [4.78, 5) is 18.7. The molecule has 0 aliphatic carbocycles. The molecule has 2 heterocycles. The summed E-state index contributed by atoms with van der Waals surface area (Å²) in [6.45, 7) is 5.25. The number of carbonyl (C=O) groups excluding carboxylic acids is 1. The predicted molar refractivity (Wildman–Crippen MR) is 90.0 cm³/mol. The van der Waals surface area contributed by atoms with Gasteiger partial charge in [-0.25, -0.2) is 0 Å². The maximum atomic E-state index is 12.6. The molecule has 118 valence electrons. The summed E-state index contributed by atoms with van der Waals surface area (Å²) in [5.41, 5.74) is 2.40. The van der Waals surface area contributed by atoms with Crippen molar-refractivity contribution < 1.29 is 9.53 Å². The molecule has 2 aliphatic rings. The van der Waals surface area contributed by atoms with Gasteiger partial charge in [0.1, 0.15) is 0 Å². The summed E-state index contributed by atoms with van der Waals surface area (Å²) in [7, 11) is 0. The number of amides is 1. The monoisotopic (exact) mass is 308 g/mol. The highest BCUT2D eigenvalue weighted by atomic mass is 16.5. The van der Waals surface area contributed by atoms with E-state index in [1.54, 1.807) is 6.20 Å². The Balaban J connectivity index is 1.60. The summed E-state index contributed by atoms with van der Waals surface area (Å²) in [6.07, 6.45) is 2.31. The molecule has 0 saturated carbocycles. The average Bonchev–Trinajstić information content (AvgIpc) is 3.01. The molecule has 2 atom stereocenters. The first-order chi connectivity index (χ1) is 11.1. The summed E-state index contributed by atoms with van der Waals surface area (Å²) >= 11 is 0. The Hall–Kier alpha value is -2.38. The molecule has 0 bridgehead atoms. The van der Waals surface area contributed by atoms with Crippen molar-refractivity contribution in [1.29, 1.82) is 0 Å². The Labute approximate surface area is 136 Å². The van der Waals surface area contributed by atoms with Gasteiger partial charge in [0.2, 0.25) is 0 Å². The lowest BCUT2D eigenvalue weighted by atomic mass is 10.1. The highest BCUT2D eigenvalue weighted by Gasteiger charge is 2.29. The van der Waals surface area contributed by atoms with Crippen molar-refractivity contribution in [2.45, 2.75) is 32.5 Å². The van der Waals surface area contributed by atoms with E-state index in [9.17, 15) is 4.79 Å².